The minimum Gasteiger partial charge on any atom is -0.495 e. The predicted octanol–water partition coefficient (Wildman–Crippen LogP) is 2.22. The first-order chi connectivity index (χ1) is 10.3. The number of aliphatic imine (C=N–C) groups is 1. The lowest BCUT2D eigenvalue weighted by Crippen LogP contribution is -2.45. The molecule has 1 aliphatic carbocycles. The Kier molecular flexibility index (Phi) is 6.16. The average Bonchev–Trinajstić information content (AvgIpc) is 3.22. The number of methoxy groups -OCH3 is 1. The van der Waals surface area contributed by atoms with E-state index in [1.165, 1.54) is 18.5 Å². The maximum Gasteiger partial charge on any atom is 0.191 e. The van der Waals surface area contributed by atoms with E-state index >= 15 is 0 Å². The first-order valence-corrected chi connectivity index (χ1v) is 7.68. The molecule has 0 amide bonds. The van der Waals surface area contributed by atoms with Crippen molar-refractivity contribution in [1.29, 1.82) is 0 Å². The second-order valence-electron chi connectivity index (χ2n) is 5.74. The van der Waals surface area contributed by atoms with Crippen LogP contribution in [0.25, 0.3) is 0 Å². The number of anilines is 1. The van der Waals surface area contributed by atoms with Gasteiger partial charge in [-0.25, -0.2) is 0 Å². The van der Waals surface area contributed by atoms with Gasteiger partial charge in [-0.2, -0.15) is 0 Å². The number of nitrogens with zero attached hydrogens (tertiary/aromatic N) is 2. The highest BCUT2D eigenvalue weighted by Crippen LogP contribution is 2.30. The van der Waals surface area contributed by atoms with E-state index in [0.29, 0.717) is 12.1 Å². The van der Waals surface area contributed by atoms with Crippen LogP contribution >= 0.6 is 24.0 Å². The van der Waals surface area contributed by atoms with Crippen molar-refractivity contribution in [3.8, 4) is 5.75 Å². The van der Waals surface area contributed by atoms with Gasteiger partial charge in [0.2, 0.25) is 0 Å². The van der Waals surface area contributed by atoms with Crippen molar-refractivity contribution < 1.29 is 4.74 Å². The molecule has 1 atom stereocenters. The maximum absolute atomic E-state index is 5.46. The van der Waals surface area contributed by atoms with Crippen LogP contribution in [0.15, 0.2) is 29.3 Å². The van der Waals surface area contributed by atoms with Crippen LogP contribution in [-0.2, 0) is 0 Å². The normalized spacial score (nSPS) is 21.3. The van der Waals surface area contributed by atoms with E-state index in [1.807, 2.05) is 19.2 Å². The molecular formula is C16H25IN4O. The maximum atomic E-state index is 5.46. The van der Waals surface area contributed by atoms with Crippen molar-refractivity contribution in [3.05, 3.63) is 24.3 Å². The summed E-state index contributed by atoms with van der Waals surface area (Å²) in [4.78, 5) is 6.69. The summed E-state index contributed by atoms with van der Waals surface area (Å²) in [6.45, 7) is 2.02. The Morgan fingerprint density at radius 3 is 2.59 bits per heavy atom. The fraction of sp³-hybridized carbons (Fsp3) is 0.562. The molecule has 22 heavy (non-hydrogen) atoms. The topological polar surface area (TPSA) is 48.9 Å². The fourth-order valence-corrected chi connectivity index (χ4v) is 2.77. The molecule has 3 rings (SSSR count). The SMILES string of the molecule is CN=C(NC1CC1)NC1CCN(c2ccccc2OC)C1.I. The lowest BCUT2D eigenvalue weighted by atomic mass is 10.2. The first-order valence-electron chi connectivity index (χ1n) is 7.68. The van der Waals surface area contributed by atoms with Gasteiger partial charge in [0.15, 0.2) is 5.96 Å². The molecule has 1 saturated heterocycles. The number of guanidine groups is 1. The van der Waals surface area contributed by atoms with Crippen molar-refractivity contribution in [1.82, 2.24) is 10.6 Å². The summed E-state index contributed by atoms with van der Waals surface area (Å²) in [5.41, 5.74) is 1.18. The van der Waals surface area contributed by atoms with Crippen molar-refractivity contribution >= 4 is 35.6 Å². The number of halogens is 1. The molecule has 1 aliphatic heterocycles. The molecule has 5 nitrogen and oxygen atoms in total. The molecule has 2 N–H and O–H groups in total. The lowest BCUT2D eigenvalue weighted by molar-refractivity contribution is 0.415. The first kappa shape index (κ1) is 17.2. The van der Waals surface area contributed by atoms with Crippen molar-refractivity contribution in [2.45, 2.75) is 31.3 Å². The molecule has 2 aliphatic rings. The quantitative estimate of drug-likeness (QED) is 0.449. The van der Waals surface area contributed by atoms with Crippen LogP contribution in [0.5, 0.6) is 5.75 Å². The smallest absolute Gasteiger partial charge is 0.191 e. The third kappa shape index (κ3) is 4.18. The zero-order valence-electron chi connectivity index (χ0n) is 13.2. The Balaban J connectivity index is 0.00000176. The minimum atomic E-state index is 0. The molecule has 1 aromatic carbocycles. The van der Waals surface area contributed by atoms with Gasteiger partial charge in [0.25, 0.3) is 0 Å². The van der Waals surface area contributed by atoms with E-state index in [4.69, 9.17) is 4.74 Å². The number of nitrogens with one attached hydrogen (secondary N) is 2. The highest BCUT2D eigenvalue weighted by Gasteiger charge is 2.27. The molecule has 2 fully saturated rings. The van der Waals surface area contributed by atoms with Gasteiger partial charge in [0, 0.05) is 32.2 Å². The Hall–Kier alpha value is -1.18. The van der Waals surface area contributed by atoms with Gasteiger partial charge in [0.1, 0.15) is 5.75 Å². The Labute approximate surface area is 149 Å². The van der Waals surface area contributed by atoms with Crippen LogP contribution in [0, 0.1) is 0 Å². The average molecular weight is 416 g/mol. The summed E-state index contributed by atoms with van der Waals surface area (Å²) in [5, 5.41) is 6.97. The second-order valence-corrected chi connectivity index (χ2v) is 5.74. The minimum absolute atomic E-state index is 0. The second kappa shape index (κ2) is 7.89. The summed E-state index contributed by atoms with van der Waals surface area (Å²) in [7, 11) is 3.57. The molecule has 0 radical (unpaired) electrons. The van der Waals surface area contributed by atoms with Crippen LogP contribution in [0.2, 0.25) is 0 Å². The van der Waals surface area contributed by atoms with E-state index < -0.39 is 0 Å². The van der Waals surface area contributed by atoms with Crippen LogP contribution in [0.4, 0.5) is 5.69 Å². The summed E-state index contributed by atoms with van der Waals surface area (Å²) in [6, 6.07) is 9.27. The van der Waals surface area contributed by atoms with Crippen LogP contribution in [0.3, 0.4) is 0 Å². The third-order valence-corrected chi connectivity index (χ3v) is 4.10. The number of rotatable bonds is 4. The van der Waals surface area contributed by atoms with E-state index in [-0.39, 0.29) is 24.0 Å². The lowest BCUT2D eigenvalue weighted by Gasteiger charge is -2.22. The Morgan fingerprint density at radius 2 is 1.91 bits per heavy atom. The largest absolute Gasteiger partial charge is 0.495 e. The highest BCUT2D eigenvalue weighted by atomic mass is 127. The number of para-hydroxylation sites is 2. The van der Waals surface area contributed by atoms with E-state index in [1.54, 1.807) is 7.11 Å². The third-order valence-electron chi connectivity index (χ3n) is 4.10. The Morgan fingerprint density at radius 1 is 1.18 bits per heavy atom. The van der Waals surface area contributed by atoms with Crippen LogP contribution in [0.1, 0.15) is 19.3 Å². The number of ether oxygens (including phenoxy) is 1. The highest BCUT2D eigenvalue weighted by molar-refractivity contribution is 14.0. The monoisotopic (exact) mass is 416 g/mol. The molecule has 1 saturated carbocycles. The summed E-state index contributed by atoms with van der Waals surface area (Å²) in [6.07, 6.45) is 3.64. The number of hydrogen-bond donors (Lipinski definition) is 2. The van der Waals surface area contributed by atoms with Gasteiger partial charge in [-0.3, -0.25) is 4.99 Å². The molecule has 0 spiro atoms. The van der Waals surface area contributed by atoms with Gasteiger partial charge in [0.05, 0.1) is 12.8 Å². The summed E-state index contributed by atoms with van der Waals surface area (Å²) < 4.78 is 5.46. The van der Waals surface area contributed by atoms with Gasteiger partial charge >= 0.3 is 0 Å². The van der Waals surface area contributed by atoms with E-state index in [0.717, 1.165) is 31.2 Å². The summed E-state index contributed by atoms with van der Waals surface area (Å²) >= 11 is 0. The van der Waals surface area contributed by atoms with Crippen LogP contribution < -0.4 is 20.3 Å². The van der Waals surface area contributed by atoms with Gasteiger partial charge in [-0.05, 0) is 31.4 Å². The standard InChI is InChI=1S/C16H24N4O.HI/c1-17-16(18-12-7-8-12)19-13-9-10-20(11-13)14-5-3-4-6-15(14)21-2;/h3-6,12-13H,7-11H2,1-2H3,(H2,17,18,19);1H. The zero-order valence-corrected chi connectivity index (χ0v) is 15.5. The predicted molar refractivity (Wildman–Crippen MR) is 102 cm³/mol. The van der Waals surface area contributed by atoms with Crippen molar-refractivity contribution in [3.63, 3.8) is 0 Å². The zero-order chi connectivity index (χ0) is 14.7. The molecule has 122 valence electrons. The van der Waals surface area contributed by atoms with Gasteiger partial charge < -0.3 is 20.3 Å². The number of hydrogen-bond acceptors (Lipinski definition) is 3. The molecule has 1 aromatic rings. The molecule has 1 heterocycles. The fourth-order valence-electron chi connectivity index (χ4n) is 2.77. The van der Waals surface area contributed by atoms with Crippen molar-refractivity contribution in [2.24, 2.45) is 4.99 Å². The van der Waals surface area contributed by atoms with Crippen LogP contribution in [-0.4, -0.2) is 45.3 Å². The molecule has 6 heteroatoms. The molecule has 1 unspecified atom stereocenters. The van der Waals surface area contributed by atoms with Gasteiger partial charge in [-0.15, -0.1) is 24.0 Å². The van der Waals surface area contributed by atoms with E-state index in [9.17, 15) is 0 Å². The molecule has 0 bridgehead atoms. The Bertz CT molecular complexity index is 519. The molecule has 0 aromatic heterocycles. The van der Waals surface area contributed by atoms with E-state index in [2.05, 4.69) is 32.7 Å². The van der Waals surface area contributed by atoms with Crippen molar-refractivity contribution in [2.75, 3.05) is 32.1 Å². The summed E-state index contributed by atoms with van der Waals surface area (Å²) in [5.74, 6) is 1.88. The number of benzene rings is 1. The van der Waals surface area contributed by atoms with Gasteiger partial charge in [-0.1, -0.05) is 12.1 Å². The molecular weight excluding hydrogens is 391 g/mol.